The van der Waals surface area contributed by atoms with Gasteiger partial charge in [0.15, 0.2) is 11.6 Å². The van der Waals surface area contributed by atoms with Crippen LogP contribution in [0.3, 0.4) is 0 Å². The van der Waals surface area contributed by atoms with Gasteiger partial charge in [0.2, 0.25) is 0 Å². The molecule has 0 radical (unpaired) electrons. The van der Waals surface area contributed by atoms with E-state index in [9.17, 15) is 17.6 Å². The fourth-order valence-electron chi connectivity index (χ4n) is 2.42. The topological polar surface area (TPSA) is 84.9 Å². The molecule has 1 aromatic heterocycles. The molecule has 3 rings (SSSR count). The molecule has 0 aliphatic rings. The maximum Gasteiger partial charge on any atom is 0.433 e. The third-order valence-corrected chi connectivity index (χ3v) is 3.95. The molecule has 2 aromatic carbocycles. The normalized spacial score (nSPS) is 12.2. The summed E-state index contributed by atoms with van der Waals surface area (Å²) in [6.07, 6.45) is -2.10. The van der Waals surface area contributed by atoms with Crippen molar-refractivity contribution in [2.45, 2.75) is 6.18 Å². The molecule has 160 valence electrons. The highest BCUT2D eigenvalue weighted by molar-refractivity contribution is 6.32. The van der Waals surface area contributed by atoms with Gasteiger partial charge in [0.1, 0.15) is 11.4 Å². The van der Waals surface area contributed by atoms with Gasteiger partial charge in [-0.2, -0.15) is 18.3 Å². The second-order valence-electron chi connectivity index (χ2n) is 6.19. The fourth-order valence-corrected chi connectivity index (χ4v) is 2.42. The first-order valence-corrected chi connectivity index (χ1v) is 8.95. The van der Waals surface area contributed by atoms with Crippen molar-refractivity contribution in [3.05, 3.63) is 78.4 Å². The number of pyridine rings is 1. The van der Waals surface area contributed by atoms with E-state index in [1.807, 2.05) is 0 Å². The van der Waals surface area contributed by atoms with Crippen LogP contribution in [-0.2, 0) is 6.18 Å². The number of aliphatic imine (C=N–C) groups is 1. The van der Waals surface area contributed by atoms with Gasteiger partial charge in [0.25, 0.3) is 0 Å². The zero-order chi connectivity index (χ0) is 22.3. The highest BCUT2D eigenvalue weighted by atomic mass is 19.4. The van der Waals surface area contributed by atoms with Gasteiger partial charge in [-0.05, 0) is 48.5 Å². The van der Waals surface area contributed by atoms with E-state index in [2.05, 4.69) is 20.4 Å². The molecule has 0 saturated heterocycles. The Morgan fingerprint density at radius 3 is 2.52 bits per heavy atom. The number of hydrazone groups is 1. The zero-order valence-electron chi connectivity index (χ0n) is 16.0. The summed E-state index contributed by atoms with van der Waals surface area (Å²) in [5.41, 5.74) is 0.0592. The van der Waals surface area contributed by atoms with Crippen LogP contribution in [0.1, 0.15) is 5.69 Å². The maximum atomic E-state index is 13.6. The number of nitrogens with zero attached hydrogens (tertiary/aromatic N) is 3. The molecule has 0 bridgehead atoms. The molecule has 6 nitrogen and oxygen atoms in total. The monoisotopic (exact) mass is 431 g/mol. The fraction of sp³-hybridized carbons (Fsp3) is 0.0952. The Bertz CT molecular complexity index is 1080. The molecule has 0 spiro atoms. The van der Waals surface area contributed by atoms with Crippen molar-refractivity contribution >= 4 is 23.3 Å². The number of hydrogen-bond acceptors (Lipinski definition) is 6. The Hall–Kier alpha value is -3.95. The summed E-state index contributed by atoms with van der Waals surface area (Å²) in [5.74, 6) is 5.39. The lowest BCUT2D eigenvalue weighted by Crippen LogP contribution is -2.17. The largest absolute Gasteiger partial charge is 0.454 e. The number of rotatable bonds is 7. The van der Waals surface area contributed by atoms with Gasteiger partial charge in [-0.3, -0.25) is 9.98 Å². The molecule has 0 saturated carbocycles. The van der Waals surface area contributed by atoms with Gasteiger partial charge < -0.3 is 15.9 Å². The van der Waals surface area contributed by atoms with E-state index in [1.54, 1.807) is 36.4 Å². The molecule has 1 heterocycles. The van der Waals surface area contributed by atoms with E-state index < -0.39 is 17.7 Å². The zero-order valence-corrected chi connectivity index (χ0v) is 16.0. The summed E-state index contributed by atoms with van der Waals surface area (Å²) < 4.78 is 57.3. The van der Waals surface area contributed by atoms with Gasteiger partial charge in [-0.25, -0.2) is 4.39 Å². The van der Waals surface area contributed by atoms with E-state index in [4.69, 9.17) is 10.6 Å². The summed E-state index contributed by atoms with van der Waals surface area (Å²) in [7, 11) is 0. The van der Waals surface area contributed by atoms with E-state index in [0.29, 0.717) is 17.1 Å². The van der Waals surface area contributed by atoms with Crippen LogP contribution < -0.4 is 15.9 Å². The minimum atomic E-state index is -4.54. The third-order valence-electron chi connectivity index (χ3n) is 3.95. The van der Waals surface area contributed by atoms with Crippen molar-refractivity contribution in [3.63, 3.8) is 0 Å². The number of nitrogens with one attached hydrogen (secondary N) is 1. The van der Waals surface area contributed by atoms with E-state index in [-0.39, 0.29) is 18.0 Å². The molecule has 10 heteroatoms. The Labute approximate surface area is 175 Å². The summed E-state index contributed by atoms with van der Waals surface area (Å²) in [4.78, 5) is 7.51. The van der Waals surface area contributed by atoms with Gasteiger partial charge in [-0.1, -0.05) is 12.1 Å². The predicted molar refractivity (Wildman–Crippen MR) is 110 cm³/mol. The lowest BCUT2D eigenvalue weighted by atomic mass is 10.3. The molecule has 3 aromatic rings. The van der Waals surface area contributed by atoms with E-state index in [0.717, 1.165) is 12.3 Å². The number of alkyl halides is 3. The lowest BCUT2D eigenvalue weighted by molar-refractivity contribution is -0.141. The number of ether oxygens (including phenoxy) is 1. The summed E-state index contributed by atoms with van der Waals surface area (Å²) in [5, 5.41) is 6.36. The molecule has 0 unspecified atom stereocenters. The minimum absolute atomic E-state index is 0.0514. The number of hydrogen-bond donors (Lipinski definition) is 2. The molecule has 3 N–H and O–H groups in total. The molecule has 0 aliphatic heterocycles. The van der Waals surface area contributed by atoms with Gasteiger partial charge in [0, 0.05) is 11.9 Å². The van der Waals surface area contributed by atoms with Crippen molar-refractivity contribution in [1.29, 1.82) is 0 Å². The van der Waals surface area contributed by atoms with E-state index in [1.165, 1.54) is 24.4 Å². The Balaban J connectivity index is 1.59. The average molecular weight is 431 g/mol. The standard InChI is InChI=1S/C21H17F4N5O/c22-18-3-1-2-4-19(18)31-17-7-5-14(6-8-17)28-12-16(30-26)13-29-15-9-10-27-20(11-15)21(23,24)25/h1-12H,13,26H2,(H,27,29)/b28-12?,30-16+. The number of aromatic nitrogens is 1. The second kappa shape index (κ2) is 9.70. The van der Waals surface area contributed by atoms with Crippen molar-refractivity contribution in [2.75, 3.05) is 11.9 Å². The molecule has 0 fully saturated rings. The first kappa shape index (κ1) is 21.8. The van der Waals surface area contributed by atoms with Crippen LogP contribution in [-0.4, -0.2) is 23.5 Å². The molecule has 0 atom stereocenters. The van der Waals surface area contributed by atoms with Crippen molar-refractivity contribution in [3.8, 4) is 11.5 Å². The minimum Gasteiger partial charge on any atom is -0.454 e. The summed E-state index contributed by atoms with van der Waals surface area (Å²) in [6, 6.07) is 14.8. The number of benzene rings is 2. The van der Waals surface area contributed by atoms with Crippen LogP contribution in [0.4, 0.5) is 28.9 Å². The Morgan fingerprint density at radius 2 is 1.84 bits per heavy atom. The second-order valence-corrected chi connectivity index (χ2v) is 6.19. The molecule has 0 amide bonds. The van der Waals surface area contributed by atoms with Gasteiger partial charge in [0.05, 0.1) is 24.2 Å². The SMILES string of the molecule is N/N=C(\C=Nc1ccc(Oc2ccccc2F)cc1)CNc1ccnc(C(F)(F)F)c1. The molecular formula is C21H17F4N5O. The van der Waals surface area contributed by atoms with Crippen LogP contribution in [0.5, 0.6) is 11.5 Å². The van der Waals surface area contributed by atoms with Crippen LogP contribution in [0.25, 0.3) is 0 Å². The van der Waals surface area contributed by atoms with Crippen molar-refractivity contribution in [1.82, 2.24) is 4.98 Å². The predicted octanol–water partition coefficient (Wildman–Crippen LogP) is 5.16. The Morgan fingerprint density at radius 1 is 1.10 bits per heavy atom. The highest BCUT2D eigenvalue weighted by Gasteiger charge is 2.32. The quantitative estimate of drug-likeness (QED) is 0.234. The molecule has 0 aliphatic carbocycles. The number of para-hydroxylation sites is 1. The van der Waals surface area contributed by atoms with E-state index >= 15 is 0 Å². The summed E-state index contributed by atoms with van der Waals surface area (Å²) >= 11 is 0. The van der Waals surface area contributed by atoms with Crippen LogP contribution in [0.2, 0.25) is 0 Å². The van der Waals surface area contributed by atoms with Crippen LogP contribution >= 0.6 is 0 Å². The smallest absolute Gasteiger partial charge is 0.433 e. The van der Waals surface area contributed by atoms with Gasteiger partial charge >= 0.3 is 6.18 Å². The maximum absolute atomic E-state index is 13.6. The Kier molecular flexibility index (Phi) is 6.81. The van der Waals surface area contributed by atoms with Crippen LogP contribution in [0.15, 0.2) is 77.0 Å². The first-order valence-electron chi connectivity index (χ1n) is 8.95. The van der Waals surface area contributed by atoms with Crippen molar-refractivity contribution < 1.29 is 22.3 Å². The average Bonchev–Trinajstić information content (AvgIpc) is 2.76. The molecular weight excluding hydrogens is 414 g/mol. The number of anilines is 1. The summed E-state index contributed by atoms with van der Waals surface area (Å²) in [6.45, 7) is 0.0514. The highest BCUT2D eigenvalue weighted by Crippen LogP contribution is 2.29. The van der Waals surface area contributed by atoms with Crippen molar-refractivity contribution in [2.24, 2.45) is 15.9 Å². The number of nitrogens with two attached hydrogens (primary N) is 1. The van der Waals surface area contributed by atoms with Gasteiger partial charge in [-0.15, -0.1) is 0 Å². The lowest BCUT2D eigenvalue weighted by Gasteiger charge is -2.09. The molecule has 31 heavy (non-hydrogen) atoms. The third kappa shape index (κ3) is 6.26. The number of halogens is 4. The first-order chi connectivity index (χ1) is 14.8. The van der Waals surface area contributed by atoms with Crippen LogP contribution in [0, 0.1) is 5.82 Å².